The van der Waals surface area contributed by atoms with Gasteiger partial charge in [-0.25, -0.2) is 0 Å². The fourth-order valence-electron chi connectivity index (χ4n) is 9.58. The molecule has 4 bridgehead atoms. The van der Waals surface area contributed by atoms with Gasteiger partial charge in [-0.15, -0.1) is 0 Å². The molecule has 2 unspecified atom stereocenters. The van der Waals surface area contributed by atoms with E-state index < -0.39 is 0 Å². The summed E-state index contributed by atoms with van der Waals surface area (Å²) in [5.41, 5.74) is 4.88. The Hall–Kier alpha value is -4.20. The minimum absolute atomic E-state index is 0.0618. The Morgan fingerprint density at radius 1 is 0.771 bits per heavy atom. The largest absolute Gasteiger partial charge is 0.492 e. The molecule has 4 saturated carbocycles. The number of benzene rings is 2. The Kier molecular flexibility index (Phi) is 10.2. The van der Waals surface area contributed by atoms with Gasteiger partial charge in [-0.1, -0.05) is 62.4 Å². The van der Waals surface area contributed by atoms with Crippen molar-refractivity contribution in [2.24, 2.45) is 22.2 Å². The van der Waals surface area contributed by atoms with Gasteiger partial charge in [0, 0.05) is 43.4 Å². The van der Waals surface area contributed by atoms with Gasteiger partial charge in [0.1, 0.15) is 12.4 Å². The van der Waals surface area contributed by atoms with E-state index in [1.54, 1.807) is 6.20 Å². The lowest BCUT2D eigenvalue weighted by molar-refractivity contribution is -0.146. The second-order valence-corrected chi connectivity index (χ2v) is 15.5. The van der Waals surface area contributed by atoms with Crippen LogP contribution in [0.25, 0.3) is 11.1 Å². The first kappa shape index (κ1) is 33.7. The van der Waals surface area contributed by atoms with Crippen molar-refractivity contribution < 1.29 is 19.1 Å². The Balaban J connectivity index is 0.836. The van der Waals surface area contributed by atoms with Gasteiger partial charge >= 0.3 is 0 Å². The van der Waals surface area contributed by atoms with E-state index in [0.29, 0.717) is 61.2 Å². The number of carbonyl (C=O) groups is 3. The number of ether oxygens (including phenoxy) is 1. The third-order valence-corrected chi connectivity index (χ3v) is 10.6. The van der Waals surface area contributed by atoms with E-state index in [-0.39, 0.29) is 29.6 Å². The maximum Gasteiger partial charge on any atom is 0.226 e. The molecule has 48 heavy (non-hydrogen) atoms. The molecular weight excluding hydrogens is 600 g/mol. The minimum Gasteiger partial charge on any atom is -0.492 e. The van der Waals surface area contributed by atoms with Crippen molar-refractivity contribution >= 4 is 17.7 Å². The third-order valence-electron chi connectivity index (χ3n) is 10.6. The number of amides is 3. The summed E-state index contributed by atoms with van der Waals surface area (Å²) in [5.74, 6) is 1.47. The molecule has 0 aliphatic heterocycles. The summed E-state index contributed by atoms with van der Waals surface area (Å²) in [6.45, 7) is 6.97. The molecular formula is C40H50N4O4. The van der Waals surface area contributed by atoms with Crippen molar-refractivity contribution in [2.75, 3.05) is 19.7 Å². The number of rotatable bonds is 15. The first-order valence-corrected chi connectivity index (χ1v) is 17.6. The van der Waals surface area contributed by atoms with Crippen molar-refractivity contribution in [1.82, 2.24) is 20.9 Å². The highest BCUT2D eigenvalue weighted by Crippen LogP contribution is 2.69. The first-order valence-electron chi connectivity index (χ1n) is 17.6. The van der Waals surface area contributed by atoms with Gasteiger partial charge in [0.05, 0.1) is 13.0 Å². The molecule has 1 aromatic heterocycles. The molecule has 2 aromatic carbocycles. The summed E-state index contributed by atoms with van der Waals surface area (Å²) >= 11 is 0. The van der Waals surface area contributed by atoms with Gasteiger partial charge in [-0.05, 0) is 96.4 Å². The predicted molar refractivity (Wildman–Crippen MR) is 187 cm³/mol. The van der Waals surface area contributed by atoms with E-state index >= 15 is 0 Å². The number of aromatic nitrogens is 1. The number of hydrogen-bond donors (Lipinski definition) is 3. The average Bonchev–Trinajstić information content (AvgIpc) is 3.04. The molecule has 3 aromatic rings. The lowest BCUT2D eigenvalue weighted by Gasteiger charge is -2.65. The monoisotopic (exact) mass is 650 g/mol. The molecule has 3 N–H and O–H groups in total. The molecule has 7 rings (SSSR count). The molecule has 0 saturated heterocycles. The standard InChI is InChI=1S/C40H50N4O4/c1-38-20-30-21-39(2,25-38)27-40(22-30,26-38)28-44-36(46)10-6-9-35(45)41-17-18-48-34-15-12-31(13-16-34)32-11-14-33(42-24-32)19-37(47)43-23-29-7-4-3-5-8-29/h3-5,7-8,11-16,24,30H,6,9-10,17-23,25-28H2,1-2H3,(H,41,45)(H,43,47)(H,44,46). The van der Waals surface area contributed by atoms with Crippen LogP contribution in [0.5, 0.6) is 5.75 Å². The Labute approximate surface area is 284 Å². The maximum absolute atomic E-state index is 12.6. The Bertz CT molecular complexity index is 1550. The Morgan fingerprint density at radius 3 is 2.12 bits per heavy atom. The fraction of sp³-hybridized carbons (Fsp3) is 0.500. The number of pyridine rings is 1. The van der Waals surface area contributed by atoms with Gasteiger partial charge < -0.3 is 20.7 Å². The molecule has 4 aliphatic rings. The quantitative estimate of drug-likeness (QED) is 0.165. The second-order valence-electron chi connectivity index (χ2n) is 15.5. The van der Waals surface area contributed by atoms with Crippen LogP contribution in [0.15, 0.2) is 72.9 Å². The van der Waals surface area contributed by atoms with Crippen molar-refractivity contribution in [3.8, 4) is 16.9 Å². The summed E-state index contributed by atoms with van der Waals surface area (Å²) in [4.78, 5) is 41.8. The highest BCUT2D eigenvalue weighted by molar-refractivity contribution is 5.79. The van der Waals surface area contributed by atoms with Crippen molar-refractivity contribution in [1.29, 1.82) is 0 Å². The molecule has 8 heteroatoms. The molecule has 0 spiro atoms. The predicted octanol–water partition coefficient (Wildman–Crippen LogP) is 6.39. The topological polar surface area (TPSA) is 109 Å². The van der Waals surface area contributed by atoms with Crippen LogP contribution in [0, 0.1) is 22.2 Å². The number of carbonyl (C=O) groups excluding carboxylic acids is 3. The summed E-state index contributed by atoms with van der Waals surface area (Å²) in [7, 11) is 0. The number of nitrogens with one attached hydrogen (secondary N) is 3. The van der Waals surface area contributed by atoms with Crippen LogP contribution in [-0.2, 0) is 27.3 Å². The van der Waals surface area contributed by atoms with Crippen LogP contribution in [-0.4, -0.2) is 42.4 Å². The second kappa shape index (κ2) is 14.5. The number of nitrogens with zero attached hydrogens (tertiary/aromatic N) is 1. The van der Waals surface area contributed by atoms with E-state index in [9.17, 15) is 14.4 Å². The zero-order valence-corrected chi connectivity index (χ0v) is 28.5. The van der Waals surface area contributed by atoms with Gasteiger partial charge in [-0.3, -0.25) is 19.4 Å². The molecule has 4 fully saturated rings. The summed E-state index contributed by atoms with van der Waals surface area (Å²) < 4.78 is 5.82. The summed E-state index contributed by atoms with van der Waals surface area (Å²) in [5, 5.41) is 9.07. The normalized spacial score (nSPS) is 25.3. The molecule has 1 heterocycles. The van der Waals surface area contributed by atoms with E-state index in [1.807, 2.05) is 66.7 Å². The van der Waals surface area contributed by atoms with E-state index in [0.717, 1.165) is 29.2 Å². The molecule has 4 aliphatic carbocycles. The van der Waals surface area contributed by atoms with E-state index in [4.69, 9.17) is 4.74 Å². The van der Waals surface area contributed by atoms with Crippen molar-refractivity contribution in [3.05, 3.63) is 84.2 Å². The van der Waals surface area contributed by atoms with Crippen LogP contribution in [0.3, 0.4) is 0 Å². The third kappa shape index (κ3) is 8.82. The number of hydrogen-bond acceptors (Lipinski definition) is 5. The smallest absolute Gasteiger partial charge is 0.226 e. The average molecular weight is 651 g/mol. The van der Waals surface area contributed by atoms with Crippen LogP contribution in [0.1, 0.15) is 82.9 Å². The van der Waals surface area contributed by atoms with Crippen LogP contribution < -0.4 is 20.7 Å². The SMILES string of the molecule is CC12CC3CC(C)(C1)CC(CNC(=O)CCCC(=O)NCCOc1ccc(-c4ccc(CC(=O)NCc5ccccc5)nc4)cc1)(C3)C2. The van der Waals surface area contributed by atoms with Crippen LogP contribution >= 0.6 is 0 Å². The van der Waals surface area contributed by atoms with Crippen molar-refractivity contribution in [3.63, 3.8) is 0 Å². The highest BCUT2D eigenvalue weighted by atomic mass is 16.5. The molecule has 3 amide bonds. The van der Waals surface area contributed by atoms with E-state index in [1.165, 1.54) is 38.5 Å². The Morgan fingerprint density at radius 2 is 1.46 bits per heavy atom. The van der Waals surface area contributed by atoms with Gasteiger partial charge in [-0.2, -0.15) is 0 Å². The van der Waals surface area contributed by atoms with Gasteiger partial charge in [0.25, 0.3) is 0 Å². The molecule has 2 atom stereocenters. The summed E-state index contributed by atoms with van der Waals surface area (Å²) in [6.07, 6.45) is 11.1. The summed E-state index contributed by atoms with van der Waals surface area (Å²) in [6, 6.07) is 21.4. The lowest BCUT2D eigenvalue weighted by Crippen LogP contribution is -2.58. The van der Waals surface area contributed by atoms with Crippen LogP contribution in [0.2, 0.25) is 0 Å². The fourth-order valence-corrected chi connectivity index (χ4v) is 9.58. The minimum atomic E-state index is -0.0641. The van der Waals surface area contributed by atoms with E-state index in [2.05, 4.69) is 34.8 Å². The van der Waals surface area contributed by atoms with Gasteiger partial charge in [0.15, 0.2) is 0 Å². The molecule has 8 nitrogen and oxygen atoms in total. The maximum atomic E-state index is 12.6. The lowest BCUT2D eigenvalue weighted by atomic mass is 9.40. The zero-order chi connectivity index (χ0) is 33.6. The zero-order valence-electron chi connectivity index (χ0n) is 28.5. The van der Waals surface area contributed by atoms with Gasteiger partial charge in [0.2, 0.25) is 17.7 Å². The molecule has 0 radical (unpaired) electrons. The molecule has 254 valence electrons. The van der Waals surface area contributed by atoms with Crippen molar-refractivity contribution in [2.45, 2.75) is 84.6 Å². The highest BCUT2D eigenvalue weighted by Gasteiger charge is 2.59. The van der Waals surface area contributed by atoms with Crippen LogP contribution in [0.4, 0.5) is 0 Å². The first-order chi connectivity index (χ1) is 23.1.